The van der Waals surface area contributed by atoms with Gasteiger partial charge >= 0.3 is 0 Å². The lowest BCUT2D eigenvalue weighted by Crippen LogP contribution is -2.38. The van der Waals surface area contributed by atoms with Crippen LogP contribution in [0.25, 0.3) is 0 Å². The summed E-state index contributed by atoms with van der Waals surface area (Å²) in [6, 6.07) is 0. The van der Waals surface area contributed by atoms with Gasteiger partial charge in [-0.3, -0.25) is 0 Å². The number of hydrogen-bond donors (Lipinski definition) is 0. The van der Waals surface area contributed by atoms with Crippen molar-refractivity contribution in [3.05, 3.63) is 0 Å². The number of halogens is 3. The van der Waals surface area contributed by atoms with Gasteiger partial charge in [0.2, 0.25) is 0 Å². The first-order valence-corrected chi connectivity index (χ1v) is 9.90. The third-order valence-electron chi connectivity index (χ3n) is 6.97. The van der Waals surface area contributed by atoms with Crippen LogP contribution in [0.15, 0.2) is 0 Å². The van der Waals surface area contributed by atoms with Crippen molar-refractivity contribution in [3.63, 3.8) is 0 Å². The summed E-state index contributed by atoms with van der Waals surface area (Å²) >= 11 is 6.19. The van der Waals surface area contributed by atoms with Gasteiger partial charge in [0.25, 0.3) is 0 Å². The van der Waals surface area contributed by atoms with Crippen molar-refractivity contribution < 1.29 is 8.78 Å². The van der Waals surface area contributed by atoms with E-state index in [1.165, 1.54) is 12.8 Å². The highest BCUT2D eigenvalue weighted by Gasteiger charge is 2.41. The molecule has 6 atom stereocenters. The summed E-state index contributed by atoms with van der Waals surface area (Å²) in [6.07, 6.45) is 8.63. The summed E-state index contributed by atoms with van der Waals surface area (Å²) in [5.41, 5.74) is 0. The monoisotopic (exact) mass is 332 g/mol. The second kappa shape index (κ2) is 7.36. The zero-order chi connectivity index (χ0) is 15.7. The standard InChI is InChI=1S/C19H31ClF2/c1-12-2-3-15(11-18(12)21)17-9-6-14(10-19(17)22)13-4-7-16(20)8-5-13/h12-19H,2-11H2,1H3. The minimum Gasteiger partial charge on any atom is -0.247 e. The summed E-state index contributed by atoms with van der Waals surface area (Å²) < 4.78 is 28.8. The molecule has 3 aliphatic rings. The molecule has 3 heteroatoms. The molecule has 0 radical (unpaired) electrons. The van der Waals surface area contributed by atoms with Crippen molar-refractivity contribution in [2.75, 3.05) is 0 Å². The van der Waals surface area contributed by atoms with Crippen molar-refractivity contribution in [3.8, 4) is 0 Å². The van der Waals surface area contributed by atoms with Crippen molar-refractivity contribution in [2.45, 2.75) is 88.9 Å². The lowest BCUT2D eigenvalue weighted by Gasteiger charge is -2.43. The van der Waals surface area contributed by atoms with E-state index in [2.05, 4.69) is 0 Å². The predicted molar refractivity (Wildman–Crippen MR) is 88.7 cm³/mol. The van der Waals surface area contributed by atoms with Crippen LogP contribution < -0.4 is 0 Å². The summed E-state index contributed by atoms with van der Waals surface area (Å²) in [5.74, 6) is 1.84. The van der Waals surface area contributed by atoms with E-state index in [9.17, 15) is 8.78 Å². The van der Waals surface area contributed by atoms with Crippen molar-refractivity contribution in [1.29, 1.82) is 0 Å². The van der Waals surface area contributed by atoms with Crippen LogP contribution in [0, 0.1) is 29.6 Å². The normalized spacial score (nSPS) is 50.7. The largest absolute Gasteiger partial charge is 0.247 e. The number of hydrogen-bond acceptors (Lipinski definition) is 0. The van der Waals surface area contributed by atoms with Crippen LogP contribution in [0.4, 0.5) is 8.78 Å². The van der Waals surface area contributed by atoms with E-state index in [1.807, 2.05) is 6.92 Å². The van der Waals surface area contributed by atoms with E-state index in [-0.39, 0.29) is 11.8 Å². The molecular weight excluding hydrogens is 302 g/mol. The van der Waals surface area contributed by atoms with Crippen molar-refractivity contribution in [2.24, 2.45) is 29.6 Å². The Morgan fingerprint density at radius 1 is 0.682 bits per heavy atom. The molecule has 0 aromatic rings. The highest BCUT2D eigenvalue weighted by molar-refractivity contribution is 6.20. The SMILES string of the molecule is CC1CCC(C2CCC(C3CCC(Cl)CC3)CC2F)CC1F. The Balaban J connectivity index is 1.52. The Labute approximate surface area is 139 Å². The molecule has 0 aromatic heterocycles. The molecule has 3 fully saturated rings. The number of rotatable bonds is 2. The topological polar surface area (TPSA) is 0 Å². The first kappa shape index (κ1) is 17.0. The van der Waals surface area contributed by atoms with Crippen LogP contribution in [-0.2, 0) is 0 Å². The smallest absolute Gasteiger partial charge is 0.103 e. The van der Waals surface area contributed by atoms with E-state index in [4.69, 9.17) is 11.6 Å². The van der Waals surface area contributed by atoms with Gasteiger partial charge in [0.05, 0.1) is 0 Å². The third kappa shape index (κ3) is 3.79. The molecule has 128 valence electrons. The van der Waals surface area contributed by atoms with E-state index in [1.54, 1.807) is 0 Å². The third-order valence-corrected chi connectivity index (χ3v) is 7.41. The van der Waals surface area contributed by atoms with Gasteiger partial charge in [0, 0.05) is 5.38 Å². The molecule has 0 aliphatic heterocycles. The van der Waals surface area contributed by atoms with Gasteiger partial charge in [-0.2, -0.15) is 0 Å². The molecular formula is C19H31ClF2. The molecule has 0 N–H and O–H groups in total. The van der Waals surface area contributed by atoms with E-state index in [0.717, 1.165) is 44.9 Å². The Bertz CT molecular complexity index is 353. The second-order valence-corrected chi connectivity index (χ2v) is 8.95. The molecule has 0 nitrogen and oxygen atoms in total. The minimum atomic E-state index is -0.706. The van der Waals surface area contributed by atoms with E-state index < -0.39 is 12.3 Å². The van der Waals surface area contributed by atoms with Crippen molar-refractivity contribution in [1.82, 2.24) is 0 Å². The summed E-state index contributed by atoms with van der Waals surface area (Å²) in [5, 5.41) is 0.347. The molecule has 0 saturated heterocycles. The molecule has 0 amide bonds. The molecule has 0 spiro atoms. The Morgan fingerprint density at radius 2 is 1.27 bits per heavy atom. The summed E-state index contributed by atoms with van der Waals surface area (Å²) in [6.45, 7) is 2.00. The van der Waals surface area contributed by atoms with Gasteiger partial charge in [-0.1, -0.05) is 6.92 Å². The molecule has 0 heterocycles. The lowest BCUT2D eigenvalue weighted by molar-refractivity contribution is 0.0183. The fourth-order valence-electron chi connectivity index (χ4n) is 5.36. The average molecular weight is 333 g/mol. The van der Waals surface area contributed by atoms with Crippen LogP contribution in [0.3, 0.4) is 0 Å². The summed E-state index contributed by atoms with van der Waals surface area (Å²) in [7, 11) is 0. The quantitative estimate of drug-likeness (QED) is 0.519. The van der Waals surface area contributed by atoms with E-state index >= 15 is 0 Å². The maximum Gasteiger partial charge on any atom is 0.103 e. The number of alkyl halides is 3. The van der Waals surface area contributed by atoms with Gasteiger partial charge in [0.15, 0.2) is 0 Å². The highest BCUT2D eigenvalue weighted by Crippen LogP contribution is 2.47. The van der Waals surface area contributed by atoms with Gasteiger partial charge < -0.3 is 0 Å². The van der Waals surface area contributed by atoms with E-state index in [0.29, 0.717) is 29.6 Å². The zero-order valence-corrected chi connectivity index (χ0v) is 14.6. The fourth-order valence-corrected chi connectivity index (χ4v) is 5.62. The van der Waals surface area contributed by atoms with Crippen LogP contribution in [0.5, 0.6) is 0 Å². The van der Waals surface area contributed by atoms with Crippen LogP contribution in [0.1, 0.15) is 71.1 Å². The molecule has 3 saturated carbocycles. The van der Waals surface area contributed by atoms with Crippen LogP contribution in [0.2, 0.25) is 0 Å². The second-order valence-electron chi connectivity index (χ2n) is 8.33. The zero-order valence-electron chi connectivity index (χ0n) is 13.8. The molecule has 22 heavy (non-hydrogen) atoms. The van der Waals surface area contributed by atoms with Gasteiger partial charge in [-0.15, -0.1) is 11.6 Å². The predicted octanol–water partition coefficient (Wildman–Crippen LogP) is 6.31. The molecule has 6 unspecified atom stereocenters. The lowest BCUT2D eigenvalue weighted by atomic mass is 9.65. The molecule has 3 rings (SSSR count). The van der Waals surface area contributed by atoms with Crippen molar-refractivity contribution >= 4 is 11.6 Å². The van der Waals surface area contributed by atoms with Gasteiger partial charge in [-0.05, 0) is 93.8 Å². The minimum absolute atomic E-state index is 0.131. The van der Waals surface area contributed by atoms with Crippen LogP contribution in [-0.4, -0.2) is 17.7 Å². The average Bonchev–Trinajstić information content (AvgIpc) is 2.51. The molecule has 0 bridgehead atoms. The summed E-state index contributed by atoms with van der Waals surface area (Å²) in [4.78, 5) is 0. The van der Waals surface area contributed by atoms with Gasteiger partial charge in [-0.25, -0.2) is 8.78 Å². The molecule has 3 aliphatic carbocycles. The first-order valence-electron chi connectivity index (χ1n) is 9.46. The fraction of sp³-hybridized carbons (Fsp3) is 1.00. The van der Waals surface area contributed by atoms with Crippen LogP contribution >= 0.6 is 11.6 Å². The molecule has 0 aromatic carbocycles. The highest BCUT2D eigenvalue weighted by atomic mass is 35.5. The maximum absolute atomic E-state index is 14.8. The Hall–Kier alpha value is 0.150. The Kier molecular flexibility index (Phi) is 5.69. The Morgan fingerprint density at radius 3 is 1.91 bits per heavy atom. The maximum atomic E-state index is 14.8. The van der Waals surface area contributed by atoms with Gasteiger partial charge in [0.1, 0.15) is 12.3 Å². The first-order chi connectivity index (χ1) is 10.5.